The Bertz CT molecular complexity index is 721. The van der Waals surface area contributed by atoms with Crippen LogP contribution < -0.4 is 10.6 Å². The van der Waals surface area contributed by atoms with Gasteiger partial charge in [0, 0.05) is 28.6 Å². The van der Waals surface area contributed by atoms with Crippen LogP contribution in [-0.4, -0.2) is 42.9 Å². The average molecular weight is 341 g/mol. The Hall–Kier alpha value is -2.47. The Morgan fingerprint density at radius 1 is 1.12 bits per heavy atom. The van der Waals surface area contributed by atoms with Crippen LogP contribution in [-0.2, 0) is 9.59 Å². The second-order valence-electron chi connectivity index (χ2n) is 5.43. The number of hydrogen-bond donors (Lipinski definition) is 2. The van der Waals surface area contributed by atoms with Crippen LogP contribution >= 0.6 is 11.8 Å². The monoisotopic (exact) mass is 341 g/mol. The number of carbonyl (C=O) groups excluding carboxylic acids is 2. The number of benzene rings is 2. The molecule has 3 rings (SSSR count). The van der Waals surface area contributed by atoms with Crippen molar-refractivity contribution in [3.05, 3.63) is 54.6 Å². The lowest BCUT2D eigenvalue weighted by Gasteiger charge is -2.27. The van der Waals surface area contributed by atoms with Crippen molar-refractivity contribution in [2.75, 3.05) is 31.5 Å². The fourth-order valence-electron chi connectivity index (χ4n) is 2.45. The molecule has 0 atom stereocenters. The molecule has 5 nitrogen and oxygen atoms in total. The number of amides is 2. The predicted octanol–water partition coefficient (Wildman–Crippen LogP) is 2.21. The van der Waals surface area contributed by atoms with E-state index in [0.717, 1.165) is 15.5 Å². The molecule has 0 bridgehead atoms. The first kappa shape index (κ1) is 16.4. The Morgan fingerprint density at radius 2 is 1.88 bits per heavy atom. The molecule has 1 aliphatic heterocycles. The summed E-state index contributed by atoms with van der Waals surface area (Å²) in [5.74, 6) is -0.168. The van der Waals surface area contributed by atoms with Gasteiger partial charge in [-0.15, -0.1) is 0 Å². The molecule has 1 saturated heterocycles. The van der Waals surface area contributed by atoms with E-state index in [4.69, 9.17) is 0 Å². The van der Waals surface area contributed by atoms with E-state index in [0.29, 0.717) is 13.1 Å². The molecule has 2 amide bonds. The second-order valence-corrected chi connectivity index (χ2v) is 6.55. The summed E-state index contributed by atoms with van der Waals surface area (Å²) in [6.45, 7) is 1.40. The van der Waals surface area contributed by atoms with Crippen molar-refractivity contribution in [3.63, 3.8) is 0 Å². The first-order valence-corrected chi connectivity index (χ1v) is 8.64. The number of piperazine rings is 1. The highest BCUT2D eigenvalue weighted by Gasteiger charge is 2.20. The van der Waals surface area contributed by atoms with Gasteiger partial charge in [0.1, 0.15) is 0 Å². The zero-order chi connectivity index (χ0) is 16.8. The van der Waals surface area contributed by atoms with Crippen molar-refractivity contribution in [1.29, 1.82) is 0 Å². The van der Waals surface area contributed by atoms with Crippen molar-refractivity contribution in [1.82, 2.24) is 10.2 Å². The number of nitrogens with one attached hydrogen (secondary N) is 2. The van der Waals surface area contributed by atoms with E-state index in [1.807, 2.05) is 42.5 Å². The van der Waals surface area contributed by atoms with Crippen molar-refractivity contribution in [2.45, 2.75) is 9.79 Å². The zero-order valence-corrected chi connectivity index (χ0v) is 14.0. The van der Waals surface area contributed by atoms with Gasteiger partial charge in [0.2, 0.25) is 11.8 Å². The quantitative estimate of drug-likeness (QED) is 0.875. The maximum atomic E-state index is 12.3. The number of hydrogen-bond acceptors (Lipinski definition) is 4. The summed E-state index contributed by atoms with van der Waals surface area (Å²) >= 11 is 1.65. The summed E-state index contributed by atoms with van der Waals surface area (Å²) < 4.78 is 0. The third-order valence-corrected chi connectivity index (χ3v) is 4.76. The molecule has 2 aromatic rings. The molecule has 2 aromatic carbocycles. The van der Waals surface area contributed by atoms with Crippen molar-refractivity contribution in [3.8, 4) is 0 Å². The van der Waals surface area contributed by atoms with Gasteiger partial charge in [-0.1, -0.05) is 42.1 Å². The highest BCUT2D eigenvalue weighted by molar-refractivity contribution is 7.99. The molecule has 1 heterocycles. The summed E-state index contributed by atoms with van der Waals surface area (Å²) in [5, 5.41) is 5.92. The lowest BCUT2D eigenvalue weighted by atomic mass is 10.3. The minimum absolute atomic E-state index is 0.0654. The zero-order valence-electron chi connectivity index (χ0n) is 13.2. The number of carbonyl (C=O) groups is 2. The van der Waals surface area contributed by atoms with Crippen LogP contribution in [0.25, 0.3) is 0 Å². The second kappa shape index (κ2) is 7.88. The summed E-state index contributed by atoms with van der Waals surface area (Å²) in [6, 6.07) is 18.0. The third-order valence-electron chi connectivity index (χ3n) is 3.68. The van der Waals surface area contributed by atoms with Crippen LogP contribution in [0.4, 0.5) is 5.69 Å². The average Bonchev–Trinajstić information content (AvgIpc) is 2.61. The van der Waals surface area contributed by atoms with Crippen LogP contribution in [0.15, 0.2) is 64.4 Å². The van der Waals surface area contributed by atoms with E-state index in [-0.39, 0.29) is 24.9 Å². The van der Waals surface area contributed by atoms with Gasteiger partial charge >= 0.3 is 0 Å². The molecule has 24 heavy (non-hydrogen) atoms. The number of anilines is 1. The normalized spacial score (nSPS) is 14.2. The SMILES string of the molecule is O=C1CN(C(=O)CNc2ccccc2Sc2ccccc2)CCN1. The maximum absolute atomic E-state index is 12.3. The van der Waals surface area contributed by atoms with Gasteiger partial charge in [-0.05, 0) is 24.3 Å². The molecular formula is C18H19N3O2S. The van der Waals surface area contributed by atoms with Gasteiger partial charge in [0.15, 0.2) is 0 Å². The van der Waals surface area contributed by atoms with Gasteiger partial charge in [-0.2, -0.15) is 0 Å². The molecule has 0 aliphatic carbocycles. The number of rotatable bonds is 5. The Morgan fingerprint density at radius 3 is 2.67 bits per heavy atom. The highest BCUT2D eigenvalue weighted by atomic mass is 32.2. The van der Waals surface area contributed by atoms with E-state index >= 15 is 0 Å². The summed E-state index contributed by atoms with van der Waals surface area (Å²) in [7, 11) is 0. The Kier molecular flexibility index (Phi) is 5.38. The smallest absolute Gasteiger partial charge is 0.242 e. The molecule has 0 saturated carbocycles. The molecule has 6 heteroatoms. The molecule has 0 radical (unpaired) electrons. The minimum Gasteiger partial charge on any atom is -0.375 e. The van der Waals surface area contributed by atoms with Crippen LogP contribution in [0.1, 0.15) is 0 Å². The van der Waals surface area contributed by atoms with Gasteiger partial charge in [0.05, 0.1) is 13.1 Å². The first-order chi connectivity index (χ1) is 11.7. The fourth-order valence-corrected chi connectivity index (χ4v) is 3.40. The summed E-state index contributed by atoms with van der Waals surface area (Å²) in [5.41, 5.74) is 0.918. The fraction of sp³-hybridized carbons (Fsp3) is 0.222. The maximum Gasteiger partial charge on any atom is 0.242 e. The molecule has 2 N–H and O–H groups in total. The largest absolute Gasteiger partial charge is 0.375 e. The van der Waals surface area contributed by atoms with Crippen LogP contribution in [0.5, 0.6) is 0 Å². The Labute approximate surface area is 145 Å². The third kappa shape index (κ3) is 4.29. The van der Waals surface area contributed by atoms with Crippen LogP contribution in [0, 0.1) is 0 Å². The van der Waals surface area contributed by atoms with E-state index in [9.17, 15) is 9.59 Å². The van der Waals surface area contributed by atoms with Crippen molar-refractivity contribution >= 4 is 29.3 Å². The van der Waals surface area contributed by atoms with Crippen molar-refractivity contribution in [2.24, 2.45) is 0 Å². The van der Waals surface area contributed by atoms with E-state index in [2.05, 4.69) is 22.8 Å². The molecular weight excluding hydrogens is 322 g/mol. The molecule has 0 spiro atoms. The predicted molar refractivity (Wildman–Crippen MR) is 95.1 cm³/mol. The van der Waals surface area contributed by atoms with Gasteiger partial charge < -0.3 is 15.5 Å². The minimum atomic E-state index is -0.102. The number of para-hydroxylation sites is 1. The Balaban J connectivity index is 1.63. The van der Waals surface area contributed by atoms with Crippen molar-refractivity contribution < 1.29 is 9.59 Å². The molecule has 124 valence electrons. The lowest BCUT2D eigenvalue weighted by molar-refractivity contribution is -0.136. The number of nitrogens with zero attached hydrogens (tertiary/aromatic N) is 1. The molecule has 0 unspecified atom stereocenters. The topological polar surface area (TPSA) is 61.4 Å². The molecule has 0 aromatic heterocycles. The van der Waals surface area contributed by atoms with Crippen LogP contribution in [0.3, 0.4) is 0 Å². The standard InChI is InChI=1S/C18H19N3O2S/c22-17-13-21(11-10-19-17)18(23)12-20-15-8-4-5-9-16(15)24-14-6-2-1-3-7-14/h1-9,20H,10-13H2,(H,19,22). The van der Waals surface area contributed by atoms with Gasteiger partial charge in [-0.25, -0.2) is 0 Å². The highest BCUT2D eigenvalue weighted by Crippen LogP contribution is 2.33. The summed E-state index contributed by atoms with van der Waals surface area (Å²) in [4.78, 5) is 27.4. The van der Waals surface area contributed by atoms with E-state index in [1.165, 1.54) is 0 Å². The van der Waals surface area contributed by atoms with Gasteiger partial charge in [-0.3, -0.25) is 9.59 Å². The lowest BCUT2D eigenvalue weighted by Crippen LogP contribution is -2.51. The molecule has 1 aliphatic rings. The first-order valence-electron chi connectivity index (χ1n) is 7.82. The van der Waals surface area contributed by atoms with Crippen LogP contribution in [0.2, 0.25) is 0 Å². The van der Waals surface area contributed by atoms with Gasteiger partial charge in [0.25, 0.3) is 0 Å². The van der Waals surface area contributed by atoms with E-state index < -0.39 is 0 Å². The van der Waals surface area contributed by atoms with E-state index in [1.54, 1.807) is 16.7 Å². The molecule has 1 fully saturated rings. The summed E-state index contributed by atoms with van der Waals surface area (Å²) in [6.07, 6.45) is 0.